The lowest BCUT2D eigenvalue weighted by molar-refractivity contribution is -0.138. The predicted molar refractivity (Wildman–Crippen MR) is 64.1 cm³/mol. The molecule has 0 bridgehead atoms. The summed E-state index contributed by atoms with van der Waals surface area (Å²) in [6.45, 7) is 4.08. The van der Waals surface area contributed by atoms with E-state index in [2.05, 4.69) is 4.90 Å². The molecule has 0 saturated heterocycles. The highest BCUT2D eigenvalue weighted by Crippen LogP contribution is 2.23. The minimum atomic E-state index is -0.754. The van der Waals surface area contributed by atoms with E-state index in [4.69, 9.17) is 9.84 Å². The van der Waals surface area contributed by atoms with Crippen LogP contribution in [0, 0.1) is 0 Å². The molecule has 1 unspecified atom stereocenters. The van der Waals surface area contributed by atoms with Crippen molar-refractivity contribution in [3.63, 3.8) is 0 Å². The maximum atomic E-state index is 10.7. The quantitative estimate of drug-likeness (QED) is 0.867. The smallest absolute Gasteiger partial charge is 0.304 e. The number of carboxylic acids is 1. The van der Waals surface area contributed by atoms with E-state index < -0.39 is 5.97 Å². The van der Waals surface area contributed by atoms with Gasteiger partial charge < -0.3 is 9.84 Å². The molecule has 1 atom stereocenters. The Balaban J connectivity index is 2.10. The Morgan fingerprint density at radius 1 is 1.53 bits per heavy atom. The highest BCUT2D eigenvalue weighted by atomic mass is 16.5. The minimum absolute atomic E-state index is 0.0299. The van der Waals surface area contributed by atoms with Crippen molar-refractivity contribution in [3.05, 3.63) is 29.8 Å². The normalized spacial score (nSPS) is 17.7. The summed E-state index contributed by atoms with van der Waals surface area (Å²) < 4.78 is 5.64. The molecule has 0 aliphatic carbocycles. The van der Waals surface area contributed by atoms with E-state index in [0.717, 1.165) is 24.4 Å². The van der Waals surface area contributed by atoms with Gasteiger partial charge in [-0.15, -0.1) is 0 Å². The third-order valence-electron chi connectivity index (χ3n) is 3.08. The Morgan fingerprint density at radius 2 is 2.29 bits per heavy atom. The van der Waals surface area contributed by atoms with Crippen LogP contribution in [0.15, 0.2) is 24.3 Å². The van der Waals surface area contributed by atoms with Gasteiger partial charge in [0.15, 0.2) is 0 Å². The van der Waals surface area contributed by atoms with Crippen molar-refractivity contribution in [2.45, 2.75) is 25.9 Å². The monoisotopic (exact) mass is 235 g/mol. The fourth-order valence-electron chi connectivity index (χ4n) is 2.10. The second-order valence-corrected chi connectivity index (χ2v) is 4.37. The lowest BCUT2D eigenvalue weighted by Gasteiger charge is -2.25. The SMILES string of the molecule is CC(CC(=O)O)N1CCOc2ccccc2C1. The summed E-state index contributed by atoms with van der Waals surface area (Å²) in [6, 6.07) is 7.95. The number of ether oxygens (including phenoxy) is 1. The van der Waals surface area contributed by atoms with Gasteiger partial charge >= 0.3 is 5.97 Å². The number of para-hydroxylation sites is 1. The second kappa shape index (κ2) is 5.19. The largest absolute Gasteiger partial charge is 0.492 e. The van der Waals surface area contributed by atoms with Crippen molar-refractivity contribution >= 4 is 5.97 Å². The van der Waals surface area contributed by atoms with E-state index >= 15 is 0 Å². The molecule has 1 aliphatic rings. The molecule has 0 amide bonds. The molecule has 92 valence electrons. The summed E-state index contributed by atoms with van der Waals surface area (Å²) >= 11 is 0. The highest BCUT2D eigenvalue weighted by molar-refractivity contribution is 5.67. The molecular formula is C13H17NO3. The summed E-state index contributed by atoms with van der Waals surface area (Å²) in [7, 11) is 0. The summed E-state index contributed by atoms with van der Waals surface area (Å²) in [5, 5.41) is 8.82. The fraction of sp³-hybridized carbons (Fsp3) is 0.462. The van der Waals surface area contributed by atoms with Crippen LogP contribution in [-0.2, 0) is 11.3 Å². The molecule has 1 aromatic carbocycles. The second-order valence-electron chi connectivity index (χ2n) is 4.37. The Hall–Kier alpha value is -1.55. The van der Waals surface area contributed by atoms with E-state index in [1.54, 1.807) is 0 Å². The molecule has 0 aromatic heterocycles. The number of hydrogen-bond donors (Lipinski definition) is 1. The van der Waals surface area contributed by atoms with E-state index in [1.807, 2.05) is 31.2 Å². The molecule has 0 spiro atoms. The van der Waals surface area contributed by atoms with Crippen molar-refractivity contribution in [2.24, 2.45) is 0 Å². The molecule has 1 aliphatic heterocycles. The summed E-state index contributed by atoms with van der Waals surface area (Å²) in [5.41, 5.74) is 1.13. The van der Waals surface area contributed by atoms with E-state index in [0.29, 0.717) is 6.61 Å². The zero-order chi connectivity index (χ0) is 12.3. The zero-order valence-electron chi connectivity index (χ0n) is 9.93. The molecule has 4 heteroatoms. The van der Waals surface area contributed by atoms with Gasteiger partial charge in [0.25, 0.3) is 0 Å². The zero-order valence-corrected chi connectivity index (χ0v) is 9.93. The number of aliphatic carboxylic acids is 1. The van der Waals surface area contributed by atoms with Gasteiger partial charge in [-0.1, -0.05) is 18.2 Å². The fourth-order valence-corrected chi connectivity index (χ4v) is 2.10. The first-order chi connectivity index (χ1) is 8.16. The van der Waals surface area contributed by atoms with Gasteiger partial charge in [0.2, 0.25) is 0 Å². The van der Waals surface area contributed by atoms with Gasteiger partial charge in [0.05, 0.1) is 6.42 Å². The summed E-state index contributed by atoms with van der Waals surface area (Å²) in [4.78, 5) is 12.9. The number of carboxylic acid groups (broad SMARTS) is 1. The minimum Gasteiger partial charge on any atom is -0.492 e. The van der Waals surface area contributed by atoms with Crippen LogP contribution in [0.5, 0.6) is 5.75 Å². The third-order valence-corrected chi connectivity index (χ3v) is 3.08. The molecular weight excluding hydrogens is 218 g/mol. The van der Waals surface area contributed by atoms with Crippen LogP contribution in [0.2, 0.25) is 0 Å². The van der Waals surface area contributed by atoms with Gasteiger partial charge in [-0.05, 0) is 13.0 Å². The summed E-state index contributed by atoms with van der Waals surface area (Å²) in [5.74, 6) is 0.161. The van der Waals surface area contributed by atoms with Gasteiger partial charge in [-0.2, -0.15) is 0 Å². The third kappa shape index (κ3) is 2.97. The average molecular weight is 235 g/mol. The van der Waals surface area contributed by atoms with Crippen LogP contribution >= 0.6 is 0 Å². The first-order valence-corrected chi connectivity index (χ1v) is 5.83. The maximum absolute atomic E-state index is 10.7. The van der Waals surface area contributed by atoms with Crippen molar-refractivity contribution in [2.75, 3.05) is 13.2 Å². The Labute approximate surface area is 101 Å². The van der Waals surface area contributed by atoms with Gasteiger partial charge in [-0.25, -0.2) is 0 Å². The van der Waals surface area contributed by atoms with Crippen LogP contribution < -0.4 is 4.74 Å². The number of hydrogen-bond acceptors (Lipinski definition) is 3. The molecule has 1 heterocycles. The molecule has 0 fully saturated rings. The van der Waals surface area contributed by atoms with E-state index in [9.17, 15) is 4.79 Å². The standard InChI is InChI=1S/C13H17NO3/c1-10(8-13(15)16)14-6-7-17-12-5-3-2-4-11(12)9-14/h2-5,10H,6-9H2,1H3,(H,15,16). The van der Waals surface area contributed by atoms with Gasteiger partial charge in [0.1, 0.15) is 12.4 Å². The maximum Gasteiger partial charge on any atom is 0.304 e. The van der Waals surface area contributed by atoms with E-state index in [1.165, 1.54) is 0 Å². The number of benzene rings is 1. The first-order valence-electron chi connectivity index (χ1n) is 5.83. The van der Waals surface area contributed by atoms with Crippen molar-refractivity contribution in [3.8, 4) is 5.75 Å². The number of fused-ring (bicyclic) bond motifs is 1. The van der Waals surface area contributed by atoms with Crippen LogP contribution in [0.25, 0.3) is 0 Å². The first kappa shape index (κ1) is 11.9. The molecule has 17 heavy (non-hydrogen) atoms. The van der Waals surface area contributed by atoms with Gasteiger partial charge in [0, 0.05) is 24.7 Å². The highest BCUT2D eigenvalue weighted by Gasteiger charge is 2.21. The van der Waals surface area contributed by atoms with Crippen molar-refractivity contribution in [1.29, 1.82) is 0 Å². The molecule has 0 saturated carbocycles. The lowest BCUT2D eigenvalue weighted by atomic mass is 10.1. The van der Waals surface area contributed by atoms with Crippen LogP contribution in [0.3, 0.4) is 0 Å². The lowest BCUT2D eigenvalue weighted by Crippen LogP contribution is -2.35. The van der Waals surface area contributed by atoms with Crippen molar-refractivity contribution < 1.29 is 14.6 Å². The Kier molecular flexibility index (Phi) is 3.64. The van der Waals surface area contributed by atoms with Crippen LogP contribution in [-0.4, -0.2) is 35.2 Å². The molecule has 4 nitrogen and oxygen atoms in total. The Morgan fingerprint density at radius 3 is 3.06 bits per heavy atom. The number of carbonyl (C=O) groups is 1. The molecule has 1 N–H and O–H groups in total. The predicted octanol–water partition coefficient (Wildman–Crippen LogP) is 1.74. The molecule has 0 radical (unpaired) electrons. The van der Waals surface area contributed by atoms with Gasteiger partial charge in [-0.3, -0.25) is 9.69 Å². The van der Waals surface area contributed by atoms with Crippen LogP contribution in [0.1, 0.15) is 18.9 Å². The number of rotatable bonds is 3. The molecule has 2 rings (SSSR count). The molecule has 1 aromatic rings. The van der Waals surface area contributed by atoms with E-state index in [-0.39, 0.29) is 12.5 Å². The Bertz CT molecular complexity index is 405. The van der Waals surface area contributed by atoms with Crippen molar-refractivity contribution in [1.82, 2.24) is 4.90 Å². The topological polar surface area (TPSA) is 49.8 Å². The summed E-state index contributed by atoms with van der Waals surface area (Å²) in [6.07, 6.45) is 0.169. The number of nitrogens with zero attached hydrogens (tertiary/aromatic N) is 1. The van der Waals surface area contributed by atoms with Crippen LogP contribution in [0.4, 0.5) is 0 Å². The average Bonchev–Trinajstić information content (AvgIpc) is 2.49.